The fourth-order valence-corrected chi connectivity index (χ4v) is 5.89. The lowest BCUT2D eigenvalue weighted by atomic mass is 9.89. The van der Waals surface area contributed by atoms with Crippen LogP contribution in [0.5, 0.6) is 0 Å². The highest BCUT2D eigenvalue weighted by molar-refractivity contribution is 7.99. The van der Waals surface area contributed by atoms with Crippen molar-refractivity contribution >= 4 is 29.2 Å². The van der Waals surface area contributed by atoms with Crippen molar-refractivity contribution in [3.8, 4) is 6.07 Å². The summed E-state index contributed by atoms with van der Waals surface area (Å²) in [7, 11) is 2.17. The molecule has 0 atom stereocenters. The molecule has 0 bridgehead atoms. The number of hydrogen-bond acceptors (Lipinski definition) is 6. The molecule has 0 radical (unpaired) electrons. The molecule has 3 heterocycles. The summed E-state index contributed by atoms with van der Waals surface area (Å²) in [6, 6.07) is 8.69. The van der Waals surface area contributed by atoms with Crippen molar-refractivity contribution in [3.63, 3.8) is 0 Å². The molecule has 0 aliphatic carbocycles. The largest absolute Gasteiger partial charge is 0.370 e. The molecule has 0 amide bonds. The zero-order valence-corrected chi connectivity index (χ0v) is 21.7. The van der Waals surface area contributed by atoms with Gasteiger partial charge < -0.3 is 14.5 Å². The topological polar surface area (TPSA) is 52.4 Å². The second-order valence-corrected chi connectivity index (χ2v) is 11.2. The molecule has 2 aliphatic rings. The van der Waals surface area contributed by atoms with Crippen molar-refractivity contribution in [1.82, 2.24) is 9.88 Å². The second-order valence-electron chi connectivity index (χ2n) is 9.75. The van der Waals surface area contributed by atoms with Gasteiger partial charge in [0.2, 0.25) is 0 Å². The number of halogens is 1. The van der Waals surface area contributed by atoms with Gasteiger partial charge in [-0.05, 0) is 70.0 Å². The molecule has 176 valence electrons. The molecule has 0 spiro atoms. The lowest BCUT2D eigenvalue weighted by Crippen LogP contribution is -2.36. The molecule has 5 nitrogen and oxygen atoms in total. The van der Waals surface area contributed by atoms with Crippen LogP contribution >= 0.6 is 23.4 Å². The van der Waals surface area contributed by atoms with Gasteiger partial charge in [0, 0.05) is 42.4 Å². The SMILES string of the molecule is Cc1ccc(CCSc2nc(N3CCCN(C)CC3)c3c(c2C#N)CC(C)(C)OC3)c(Cl)c1. The summed E-state index contributed by atoms with van der Waals surface area (Å²) in [4.78, 5) is 9.86. The molecular weight excluding hydrogens is 452 g/mol. The van der Waals surface area contributed by atoms with Crippen LogP contribution in [0.4, 0.5) is 5.82 Å². The van der Waals surface area contributed by atoms with Gasteiger partial charge in [-0.3, -0.25) is 0 Å². The summed E-state index contributed by atoms with van der Waals surface area (Å²) >= 11 is 8.11. The first kappa shape index (κ1) is 24.3. The molecule has 4 rings (SSSR count). The molecule has 1 saturated heterocycles. The van der Waals surface area contributed by atoms with Crippen LogP contribution in [-0.2, 0) is 24.2 Å². The first-order valence-corrected chi connectivity index (χ1v) is 13.0. The van der Waals surface area contributed by atoms with Gasteiger partial charge in [0.25, 0.3) is 0 Å². The lowest BCUT2D eigenvalue weighted by Gasteiger charge is -2.35. The average molecular weight is 485 g/mol. The van der Waals surface area contributed by atoms with Crippen molar-refractivity contribution in [2.45, 2.75) is 57.3 Å². The van der Waals surface area contributed by atoms with E-state index in [1.807, 2.05) is 13.0 Å². The van der Waals surface area contributed by atoms with E-state index < -0.39 is 0 Å². The minimum atomic E-state index is -0.284. The third-order valence-electron chi connectivity index (χ3n) is 6.52. The highest BCUT2D eigenvalue weighted by Crippen LogP contribution is 2.39. The number of fused-ring (bicyclic) bond motifs is 1. The third-order valence-corrected chi connectivity index (χ3v) is 7.85. The van der Waals surface area contributed by atoms with Crippen molar-refractivity contribution in [3.05, 3.63) is 51.0 Å². The van der Waals surface area contributed by atoms with Gasteiger partial charge in [-0.1, -0.05) is 23.7 Å². The number of anilines is 1. The third kappa shape index (κ3) is 5.66. The predicted molar refractivity (Wildman–Crippen MR) is 136 cm³/mol. The van der Waals surface area contributed by atoms with Gasteiger partial charge in [0.05, 0.1) is 17.8 Å². The van der Waals surface area contributed by atoms with Crippen LogP contribution in [0, 0.1) is 18.3 Å². The summed E-state index contributed by atoms with van der Waals surface area (Å²) in [6.07, 6.45) is 2.67. The maximum atomic E-state index is 10.1. The number of likely N-dealkylation sites (N-methyl/N-ethyl adjacent to an activating group) is 1. The number of ether oxygens (including phenoxy) is 1. The lowest BCUT2D eigenvalue weighted by molar-refractivity contribution is -0.0402. The molecule has 33 heavy (non-hydrogen) atoms. The first-order valence-electron chi connectivity index (χ1n) is 11.7. The number of hydrogen-bond donors (Lipinski definition) is 0. The standard InChI is InChI=1S/C26H33ClN4OS/c1-18-6-7-19(23(27)14-18)8-13-33-25-21(16-28)20-15-26(2,3)32-17-22(20)24(29-25)31-10-5-9-30(4)11-12-31/h6-7,14H,5,8-13,15,17H2,1-4H3. The Balaban J connectivity index is 1.66. The number of aryl methyl sites for hydroxylation is 2. The quantitative estimate of drug-likeness (QED) is 0.541. The van der Waals surface area contributed by atoms with Gasteiger partial charge in [-0.15, -0.1) is 11.8 Å². The molecular formula is C26H33ClN4OS. The van der Waals surface area contributed by atoms with E-state index in [0.29, 0.717) is 6.61 Å². The number of pyridine rings is 1. The smallest absolute Gasteiger partial charge is 0.135 e. The molecule has 0 saturated carbocycles. The summed E-state index contributed by atoms with van der Waals surface area (Å²) < 4.78 is 6.17. The Hall–Kier alpha value is -1.78. The van der Waals surface area contributed by atoms with Crippen LogP contribution in [0.1, 0.15) is 48.1 Å². The molecule has 1 fully saturated rings. The minimum absolute atomic E-state index is 0.284. The van der Waals surface area contributed by atoms with Crippen LogP contribution < -0.4 is 4.90 Å². The van der Waals surface area contributed by atoms with E-state index in [0.717, 1.165) is 94.9 Å². The van der Waals surface area contributed by atoms with E-state index in [1.165, 1.54) is 0 Å². The van der Waals surface area contributed by atoms with Crippen molar-refractivity contribution < 1.29 is 4.74 Å². The second kappa shape index (κ2) is 10.2. The van der Waals surface area contributed by atoms with Crippen LogP contribution in [-0.4, -0.2) is 54.5 Å². The Bertz CT molecular complexity index is 1070. The van der Waals surface area contributed by atoms with Crippen LogP contribution in [0.2, 0.25) is 5.02 Å². The van der Waals surface area contributed by atoms with Gasteiger partial charge in [-0.25, -0.2) is 4.98 Å². The van der Waals surface area contributed by atoms with Crippen LogP contribution in [0.3, 0.4) is 0 Å². The highest BCUT2D eigenvalue weighted by Gasteiger charge is 2.33. The summed E-state index contributed by atoms with van der Waals surface area (Å²) in [6.45, 7) is 10.8. The Morgan fingerprint density at radius 3 is 2.79 bits per heavy atom. The normalized spacial score (nSPS) is 18.5. The fourth-order valence-electron chi connectivity index (χ4n) is 4.58. The van der Waals surface area contributed by atoms with Gasteiger partial charge in [0.15, 0.2) is 0 Å². The maximum absolute atomic E-state index is 10.1. The zero-order chi connectivity index (χ0) is 23.6. The molecule has 1 aromatic carbocycles. The highest BCUT2D eigenvalue weighted by atomic mass is 35.5. The Labute approximate surface area is 207 Å². The first-order chi connectivity index (χ1) is 15.8. The summed E-state index contributed by atoms with van der Waals surface area (Å²) in [5.74, 6) is 1.83. The minimum Gasteiger partial charge on any atom is -0.370 e. The Kier molecular flexibility index (Phi) is 7.55. The molecule has 1 aromatic heterocycles. The fraction of sp³-hybridized carbons (Fsp3) is 0.538. The molecule has 2 aromatic rings. The van der Waals surface area contributed by atoms with Crippen molar-refractivity contribution in [1.29, 1.82) is 5.26 Å². The number of benzene rings is 1. The van der Waals surface area contributed by atoms with Gasteiger partial charge >= 0.3 is 0 Å². The number of aromatic nitrogens is 1. The zero-order valence-electron chi connectivity index (χ0n) is 20.1. The number of rotatable bonds is 5. The number of thioether (sulfide) groups is 1. The van der Waals surface area contributed by atoms with Crippen LogP contribution in [0.25, 0.3) is 0 Å². The summed E-state index contributed by atoms with van der Waals surface area (Å²) in [5.41, 5.74) is 4.95. The summed E-state index contributed by atoms with van der Waals surface area (Å²) in [5, 5.41) is 11.8. The predicted octanol–water partition coefficient (Wildman–Crippen LogP) is 5.24. The maximum Gasteiger partial charge on any atom is 0.135 e. The van der Waals surface area contributed by atoms with Gasteiger partial charge in [0.1, 0.15) is 16.9 Å². The van der Waals surface area contributed by atoms with E-state index in [9.17, 15) is 5.26 Å². The molecule has 2 aliphatic heterocycles. The van der Waals surface area contributed by atoms with Crippen LogP contribution in [0.15, 0.2) is 23.2 Å². The number of nitriles is 1. The van der Waals surface area contributed by atoms with E-state index in [-0.39, 0.29) is 5.60 Å². The number of nitrogens with zero attached hydrogens (tertiary/aromatic N) is 4. The molecule has 7 heteroatoms. The molecule has 0 N–H and O–H groups in total. The van der Waals surface area contributed by atoms with E-state index in [1.54, 1.807) is 11.8 Å². The molecule has 0 unspecified atom stereocenters. The van der Waals surface area contributed by atoms with E-state index in [4.69, 9.17) is 21.3 Å². The average Bonchev–Trinajstić information content (AvgIpc) is 2.98. The van der Waals surface area contributed by atoms with Gasteiger partial charge in [-0.2, -0.15) is 5.26 Å². The van der Waals surface area contributed by atoms with Crippen molar-refractivity contribution in [2.75, 3.05) is 43.9 Å². The van der Waals surface area contributed by atoms with E-state index in [2.05, 4.69) is 48.9 Å². The Morgan fingerprint density at radius 1 is 1.21 bits per heavy atom. The van der Waals surface area contributed by atoms with E-state index >= 15 is 0 Å². The monoisotopic (exact) mass is 484 g/mol. The van der Waals surface area contributed by atoms with Crippen molar-refractivity contribution in [2.24, 2.45) is 0 Å². The Morgan fingerprint density at radius 2 is 2.03 bits per heavy atom.